The van der Waals surface area contributed by atoms with Gasteiger partial charge in [0.15, 0.2) is 5.76 Å². The molecule has 2 unspecified atom stereocenters. The van der Waals surface area contributed by atoms with Crippen molar-refractivity contribution in [1.29, 1.82) is 0 Å². The first-order valence-electron chi connectivity index (χ1n) is 9.55. The molecule has 4 rings (SSSR count). The zero-order valence-corrected chi connectivity index (χ0v) is 15.5. The number of methoxy groups -OCH3 is 1. The summed E-state index contributed by atoms with van der Waals surface area (Å²) < 4.78 is 10.8. The van der Waals surface area contributed by atoms with Gasteiger partial charge < -0.3 is 14.6 Å². The van der Waals surface area contributed by atoms with Gasteiger partial charge in [-0.05, 0) is 43.7 Å². The van der Waals surface area contributed by atoms with Crippen LogP contribution in [-0.2, 0) is 10.2 Å². The summed E-state index contributed by atoms with van der Waals surface area (Å²) in [5, 5.41) is 7.54. The Morgan fingerprint density at radius 2 is 2.08 bits per heavy atom. The lowest BCUT2D eigenvalue weighted by molar-refractivity contribution is -0.125. The van der Waals surface area contributed by atoms with Crippen molar-refractivity contribution in [3.63, 3.8) is 0 Å². The molecule has 5 nitrogen and oxygen atoms in total. The van der Waals surface area contributed by atoms with Crippen molar-refractivity contribution in [3.8, 4) is 17.1 Å². The number of nitrogens with one attached hydrogen (secondary N) is 1. The van der Waals surface area contributed by atoms with Crippen LogP contribution in [0.15, 0.2) is 34.9 Å². The van der Waals surface area contributed by atoms with Crippen LogP contribution in [0.5, 0.6) is 5.75 Å². The molecule has 1 aromatic heterocycles. The van der Waals surface area contributed by atoms with Gasteiger partial charge in [-0.15, -0.1) is 0 Å². The number of carbonyl (C=O) groups is 1. The maximum Gasteiger partial charge on any atom is 0.232 e. The Morgan fingerprint density at radius 3 is 2.81 bits per heavy atom. The lowest BCUT2D eigenvalue weighted by Gasteiger charge is -2.30. The lowest BCUT2D eigenvalue weighted by atomic mass is 9.85. The summed E-state index contributed by atoms with van der Waals surface area (Å²) in [5.41, 5.74) is 1.15. The molecule has 0 bridgehead atoms. The van der Waals surface area contributed by atoms with E-state index in [0.717, 1.165) is 36.3 Å². The van der Waals surface area contributed by atoms with Crippen LogP contribution in [0.3, 0.4) is 0 Å². The van der Waals surface area contributed by atoms with Crippen molar-refractivity contribution in [3.05, 3.63) is 36.0 Å². The molecule has 5 heteroatoms. The van der Waals surface area contributed by atoms with Gasteiger partial charge in [-0.3, -0.25) is 4.79 Å². The number of hydrogen-bond donors (Lipinski definition) is 1. The first-order valence-corrected chi connectivity index (χ1v) is 9.55. The van der Waals surface area contributed by atoms with E-state index in [1.807, 2.05) is 30.3 Å². The predicted molar refractivity (Wildman–Crippen MR) is 99.0 cm³/mol. The molecule has 138 valence electrons. The van der Waals surface area contributed by atoms with Crippen LogP contribution in [0.1, 0.15) is 51.1 Å². The first-order chi connectivity index (χ1) is 12.6. The molecule has 1 heterocycles. The molecule has 2 aliphatic carbocycles. The molecule has 2 aromatic rings. The van der Waals surface area contributed by atoms with Gasteiger partial charge >= 0.3 is 0 Å². The van der Waals surface area contributed by atoms with E-state index in [-0.39, 0.29) is 5.91 Å². The fraction of sp³-hybridized carbons (Fsp3) is 0.524. The Bertz CT molecular complexity index is 794. The smallest absolute Gasteiger partial charge is 0.232 e. The maximum absolute atomic E-state index is 13.0. The van der Waals surface area contributed by atoms with E-state index in [9.17, 15) is 4.79 Å². The van der Waals surface area contributed by atoms with E-state index in [2.05, 4.69) is 17.4 Å². The van der Waals surface area contributed by atoms with Crippen molar-refractivity contribution in [2.24, 2.45) is 5.92 Å². The Balaban J connectivity index is 1.52. The molecule has 26 heavy (non-hydrogen) atoms. The molecular formula is C21H26N2O3. The zero-order chi connectivity index (χ0) is 18.1. The second kappa shape index (κ2) is 6.78. The van der Waals surface area contributed by atoms with Crippen LogP contribution in [0, 0.1) is 5.92 Å². The van der Waals surface area contributed by atoms with Crippen LogP contribution in [0.4, 0.5) is 0 Å². The van der Waals surface area contributed by atoms with Gasteiger partial charge in [0.1, 0.15) is 5.75 Å². The summed E-state index contributed by atoms with van der Waals surface area (Å²) in [6.45, 7) is 2.24. The Kier molecular flexibility index (Phi) is 4.47. The van der Waals surface area contributed by atoms with Gasteiger partial charge in [0, 0.05) is 17.7 Å². The molecular weight excluding hydrogens is 328 g/mol. The van der Waals surface area contributed by atoms with Crippen molar-refractivity contribution in [1.82, 2.24) is 10.5 Å². The normalized spacial score (nSPS) is 24.1. The summed E-state index contributed by atoms with van der Waals surface area (Å²) in [4.78, 5) is 13.0. The highest BCUT2D eigenvalue weighted by molar-refractivity contribution is 5.91. The maximum atomic E-state index is 13.0. The van der Waals surface area contributed by atoms with Gasteiger partial charge in [0.2, 0.25) is 5.91 Å². The third kappa shape index (κ3) is 3.11. The van der Waals surface area contributed by atoms with E-state index in [1.54, 1.807) is 7.11 Å². The van der Waals surface area contributed by atoms with Crippen molar-refractivity contribution >= 4 is 5.91 Å². The molecule has 0 aliphatic heterocycles. The second-order valence-electron chi connectivity index (χ2n) is 7.73. The van der Waals surface area contributed by atoms with Gasteiger partial charge in [0.05, 0.1) is 18.2 Å². The molecule has 1 aromatic carbocycles. The molecule has 2 fully saturated rings. The number of rotatable bonds is 5. The molecule has 2 atom stereocenters. The van der Waals surface area contributed by atoms with Crippen LogP contribution < -0.4 is 10.1 Å². The summed E-state index contributed by atoms with van der Waals surface area (Å²) in [6, 6.07) is 9.87. The van der Waals surface area contributed by atoms with Crippen LogP contribution in [0.25, 0.3) is 11.3 Å². The Morgan fingerprint density at radius 1 is 1.27 bits per heavy atom. The third-order valence-electron chi connectivity index (χ3n) is 5.97. The number of carbonyl (C=O) groups excluding carboxylic acids is 1. The molecule has 1 N–H and O–H groups in total. The number of ether oxygens (including phenoxy) is 1. The Hall–Kier alpha value is -2.30. The number of aromatic nitrogens is 1. The van der Waals surface area contributed by atoms with Crippen LogP contribution >= 0.6 is 0 Å². The quantitative estimate of drug-likeness (QED) is 0.879. The van der Waals surface area contributed by atoms with E-state index in [1.165, 1.54) is 19.3 Å². The highest BCUT2D eigenvalue weighted by Crippen LogP contribution is 2.49. The third-order valence-corrected chi connectivity index (χ3v) is 5.97. The summed E-state index contributed by atoms with van der Waals surface area (Å²) in [5.74, 6) is 2.10. The Labute approximate surface area is 154 Å². The molecule has 0 spiro atoms. The number of benzene rings is 1. The summed E-state index contributed by atoms with van der Waals surface area (Å²) in [7, 11) is 1.64. The minimum absolute atomic E-state index is 0.113. The number of hydrogen-bond acceptors (Lipinski definition) is 4. The van der Waals surface area contributed by atoms with Crippen molar-refractivity contribution in [2.75, 3.05) is 7.11 Å². The van der Waals surface area contributed by atoms with Gasteiger partial charge in [0.25, 0.3) is 0 Å². The predicted octanol–water partition coefficient (Wildman–Crippen LogP) is 4.08. The number of amides is 1. The monoisotopic (exact) mass is 354 g/mol. The average molecular weight is 354 g/mol. The largest absolute Gasteiger partial charge is 0.497 e. The fourth-order valence-electron chi connectivity index (χ4n) is 3.97. The van der Waals surface area contributed by atoms with Gasteiger partial charge in [-0.1, -0.05) is 37.1 Å². The fourth-order valence-corrected chi connectivity index (χ4v) is 3.97. The molecule has 2 aliphatic rings. The van der Waals surface area contributed by atoms with E-state index in [0.29, 0.717) is 17.7 Å². The minimum atomic E-state index is -0.502. The molecule has 0 saturated heterocycles. The van der Waals surface area contributed by atoms with E-state index in [4.69, 9.17) is 9.26 Å². The molecule has 2 saturated carbocycles. The zero-order valence-electron chi connectivity index (χ0n) is 15.5. The summed E-state index contributed by atoms with van der Waals surface area (Å²) >= 11 is 0. The SMILES string of the molecule is COc1cccc(-c2cc(C3(C(=O)NC4CCCCC4C)CC3)no2)c1. The van der Waals surface area contributed by atoms with E-state index < -0.39 is 5.41 Å². The van der Waals surface area contributed by atoms with Gasteiger partial charge in [-0.25, -0.2) is 0 Å². The molecule has 1 amide bonds. The van der Waals surface area contributed by atoms with Gasteiger partial charge in [-0.2, -0.15) is 0 Å². The van der Waals surface area contributed by atoms with Crippen molar-refractivity contribution < 1.29 is 14.1 Å². The standard InChI is InChI=1S/C21H26N2O3/c1-14-6-3-4-9-17(14)22-20(24)21(10-11-21)19-13-18(26-23-19)15-7-5-8-16(12-15)25-2/h5,7-8,12-14,17H,3-4,6,9-11H2,1-2H3,(H,22,24). The highest BCUT2D eigenvalue weighted by atomic mass is 16.5. The van der Waals surface area contributed by atoms with Crippen LogP contribution in [-0.4, -0.2) is 24.2 Å². The van der Waals surface area contributed by atoms with E-state index >= 15 is 0 Å². The first kappa shape index (κ1) is 17.1. The van der Waals surface area contributed by atoms with Crippen molar-refractivity contribution in [2.45, 2.75) is 56.9 Å². The average Bonchev–Trinajstić information content (AvgIpc) is 3.33. The molecule has 0 radical (unpaired) electrons. The lowest BCUT2D eigenvalue weighted by Crippen LogP contribution is -2.45. The minimum Gasteiger partial charge on any atom is -0.497 e. The van der Waals surface area contributed by atoms with Crippen LogP contribution in [0.2, 0.25) is 0 Å². The number of nitrogens with zero attached hydrogens (tertiary/aromatic N) is 1. The summed E-state index contributed by atoms with van der Waals surface area (Å²) in [6.07, 6.45) is 6.42. The topological polar surface area (TPSA) is 64.4 Å². The second-order valence-corrected chi connectivity index (χ2v) is 7.73. The highest BCUT2D eigenvalue weighted by Gasteiger charge is 2.54.